The molecule has 1 aliphatic rings. The van der Waals surface area contributed by atoms with Gasteiger partial charge in [-0.15, -0.1) is 0 Å². The highest BCUT2D eigenvalue weighted by Crippen LogP contribution is 2.27. The zero-order valence-electron chi connectivity index (χ0n) is 13.4. The van der Waals surface area contributed by atoms with Gasteiger partial charge in [-0.1, -0.05) is 11.6 Å². The maximum Gasteiger partial charge on any atom is 0.246 e. The van der Waals surface area contributed by atoms with Crippen LogP contribution in [0.2, 0.25) is 5.02 Å². The molecule has 130 valence electrons. The Labute approximate surface area is 146 Å². The molecule has 24 heavy (non-hydrogen) atoms. The zero-order valence-corrected chi connectivity index (χ0v) is 15.0. The van der Waals surface area contributed by atoms with E-state index < -0.39 is 10.0 Å². The van der Waals surface area contributed by atoms with Gasteiger partial charge in [0.25, 0.3) is 0 Å². The van der Waals surface area contributed by atoms with E-state index in [1.807, 2.05) is 6.92 Å². The fourth-order valence-electron chi connectivity index (χ4n) is 2.68. The first-order chi connectivity index (χ1) is 11.4. The van der Waals surface area contributed by atoms with Crippen LogP contribution >= 0.6 is 11.6 Å². The number of halogens is 1. The Balaban J connectivity index is 1.95. The molecule has 1 aliphatic heterocycles. The van der Waals surface area contributed by atoms with Gasteiger partial charge < -0.3 is 10.1 Å². The second-order valence-electron chi connectivity index (χ2n) is 5.66. The molecule has 1 saturated heterocycles. The number of piperazine rings is 1. The Kier molecular flexibility index (Phi) is 4.82. The van der Waals surface area contributed by atoms with E-state index in [4.69, 9.17) is 16.3 Å². The van der Waals surface area contributed by atoms with E-state index in [0.29, 0.717) is 36.1 Å². The number of hydrogen-bond acceptors (Lipinski definition) is 5. The molecular weight excluding hydrogens is 352 g/mol. The van der Waals surface area contributed by atoms with Gasteiger partial charge in [-0.25, -0.2) is 13.1 Å². The summed E-state index contributed by atoms with van der Waals surface area (Å²) in [5.74, 6) is 0.558. The summed E-state index contributed by atoms with van der Waals surface area (Å²) in [7, 11) is -2.04. The SMILES string of the molecule is COc1ccc(Cl)cc1-n1cc(S(=O)(=O)N2CCN[C@@H](C)C2)cn1. The molecule has 0 amide bonds. The number of hydrogen-bond donors (Lipinski definition) is 1. The third-order valence-corrected chi connectivity index (χ3v) is 5.97. The Morgan fingerprint density at radius 2 is 2.21 bits per heavy atom. The van der Waals surface area contributed by atoms with Crippen LogP contribution in [0, 0.1) is 0 Å². The summed E-state index contributed by atoms with van der Waals surface area (Å²) >= 11 is 6.03. The predicted molar refractivity (Wildman–Crippen MR) is 91.3 cm³/mol. The summed E-state index contributed by atoms with van der Waals surface area (Å²) in [6, 6.07) is 5.21. The first-order valence-corrected chi connectivity index (χ1v) is 9.36. The maximum atomic E-state index is 12.8. The lowest BCUT2D eigenvalue weighted by atomic mass is 10.3. The zero-order chi connectivity index (χ0) is 17.3. The summed E-state index contributed by atoms with van der Waals surface area (Å²) < 4.78 is 33.8. The molecular formula is C15H19ClN4O3S. The number of rotatable bonds is 4. The van der Waals surface area contributed by atoms with Crippen LogP contribution in [0.15, 0.2) is 35.5 Å². The molecule has 0 saturated carbocycles. The van der Waals surface area contributed by atoms with Crippen molar-refractivity contribution in [2.75, 3.05) is 26.7 Å². The van der Waals surface area contributed by atoms with Gasteiger partial charge in [0.1, 0.15) is 16.3 Å². The smallest absolute Gasteiger partial charge is 0.246 e. The molecule has 0 spiro atoms. The molecule has 1 atom stereocenters. The topological polar surface area (TPSA) is 76.5 Å². The fraction of sp³-hybridized carbons (Fsp3) is 0.400. The van der Waals surface area contributed by atoms with Crippen molar-refractivity contribution < 1.29 is 13.2 Å². The second-order valence-corrected chi connectivity index (χ2v) is 8.03. The van der Waals surface area contributed by atoms with Gasteiger partial charge in [-0.2, -0.15) is 9.40 Å². The van der Waals surface area contributed by atoms with Crippen LogP contribution < -0.4 is 10.1 Å². The molecule has 1 aromatic heterocycles. The fourth-order valence-corrected chi connectivity index (χ4v) is 4.31. The van der Waals surface area contributed by atoms with Gasteiger partial charge in [-0.3, -0.25) is 0 Å². The highest BCUT2D eigenvalue weighted by atomic mass is 35.5. The Hall–Kier alpha value is -1.61. The third-order valence-electron chi connectivity index (χ3n) is 3.92. The number of nitrogens with zero attached hydrogens (tertiary/aromatic N) is 3. The van der Waals surface area contributed by atoms with Gasteiger partial charge in [0.15, 0.2) is 0 Å². The normalized spacial score (nSPS) is 19.4. The van der Waals surface area contributed by atoms with Crippen LogP contribution in [0.1, 0.15) is 6.92 Å². The molecule has 7 nitrogen and oxygen atoms in total. The molecule has 0 unspecified atom stereocenters. The summed E-state index contributed by atoms with van der Waals surface area (Å²) in [6.07, 6.45) is 2.83. The first-order valence-electron chi connectivity index (χ1n) is 7.54. The number of nitrogens with one attached hydrogen (secondary N) is 1. The van der Waals surface area contributed by atoms with E-state index in [0.717, 1.165) is 0 Å². The van der Waals surface area contributed by atoms with Crippen molar-refractivity contribution in [3.05, 3.63) is 35.6 Å². The third kappa shape index (κ3) is 3.27. The molecule has 0 radical (unpaired) electrons. The van der Waals surface area contributed by atoms with Crippen molar-refractivity contribution in [3.63, 3.8) is 0 Å². The minimum atomic E-state index is -3.58. The largest absolute Gasteiger partial charge is 0.494 e. The van der Waals surface area contributed by atoms with Crippen LogP contribution in [-0.2, 0) is 10.0 Å². The lowest BCUT2D eigenvalue weighted by Crippen LogP contribution is -2.51. The van der Waals surface area contributed by atoms with Gasteiger partial charge in [0.2, 0.25) is 10.0 Å². The lowest BCUT2D eigenvalue weighted by molar-refractivity contribution is 0.310. The lowest BCUT2D eigenvalue weighted by Gasteiger charge is -2.30. The molecule has 0 aliphatic carbocycles. The van der Waals surface area contributed by atoms with Crippen LogP contribution in [0.5, 0.6) is 5.75 Å². The number of benzene rings is 1. The number of ether oxygens (including phenoxy) is 1. The standard InChI is InChI=1S/C15H19ClN4O3S/c1-11-9-19(6-5-17-11)24(21,22)13-8-18-20(10-13)14-7-12(16)3-4-15(14)23-2/h3-4,7-8,10-11,17H,5-6,9H2,1-2H3/t11-/m0/s1. The quantitative estimate of drug-likeness (QED) is 0.883. The van der Waals surface area contributed by atoms with E-state index in [1.165, 1.54) is 28.5 Å². The Morgan fingerprint density at radius 1 is 1.42 bits per heavy atom. The monoisotopic (exact) mass is 370 g/mol. The van der Waals surface area contributed by atoms with Gasteiger partial charge in [0, 0.05) is 30.7 Å². The number of methoxy groups -OCH3 is 1. The van der Waals surface area contributed by atoms with Crippen molar-refractivity contribution in [1.82, 2.24) is 19.4 Å². The Bertz CT molecular complexity index is 837. The number of sulfonamides is 1. The van der Waals surface area contributed by atoms with E-state index in [9.17, 15) is 8.42 Å². The minimum Gasteiger partial charge on any atom is -0.494 e. The van der Waals surface area contributed by atoms with Crippen molar-refractivity contribution in [2.24, 2.45) is 0 Å². The van der Waals surface area contributed by atoms with E-state index in [2.05, 4.69) is 10.4 Å². The molecule has 2 aromatic rings. The van der Waals surface area contributed by atoms with E-state index >= 15 is 0 Å². The molecule has 1 aromatic carbocycles. The molecule has 0 bridgehead atoms. The summed E-state index contributed by atoms with van der Waals surface area (Å²) in [5.41, 5.74) is 0.583. The van der Waals surface area contributed by atoms with Crippen molar-refractivity contribution in [3.8, 4) is 11.4 Å². The molecule has 1 fully saturated rings. The van der Waals surface area contributed by atoms with Crippen LogP contribution in [0.4, 0.5) is 0 Å². The second kappa shape index (κ2) is 6.72. The Morgan fingerprint density at radius 3 is 2.92 bits per heavy atom. The van der Waals surface area contributed by atoms with Crippen molar-refractivity contribution >= 4 is 21.6 Å². The van der Waals surface area contributed by atoms with Crippen LogP contribution in [0.25, 0.3) is 5.69 Å². The van der Waals surface area contributed by atoms with Crippen LogP contribution in [-0.4, -0.2) is 55.3 Å². The minimum absolute atomic E-state index is 0.122. The predicted octanol–water partition coefficient (Wildman–Crippen LogP) is 1.52. The first kappa shape index (κ1) is 17.2. The summed E-state index contributed by atoms with van der Waals surface area (Å²) in [4.78, 5) is 0.152. The average Bonchev–Trinajstić information content (AvgIpc) is 3.05. The highest BCUT2D eigenvalue weighted by molar-refractivity contribution is 7.89. The van der Waals surface area contributed by atoms with Gasteiger partial charge >= 0.3 is 0 Å². The highest BCUT2D eigenvalue weighted by Gasteiger charge is 2.29. The molecule has 2 heterocycles. The van der Waals surface area contributed by atoms with Gasteiger partial charge in [0.05, 0.1) is 19.5 Å². The molecule has 1 N–H and O–H groups in total. The molecule has 9 heteroatoms. The van der Waals surface area contributed by atoms with Gasteiger partial charge in [-0.05, 0) is 25.1 Å². The summed E-state index contributed by atoms with van der Waals surface area (Å²) in [5, 5.41) is 7.92. The number of aromatic nitrogens is 2. The average molecular weight is 371 g/mol. The van der Waals surface area contributed by atoms with E-state index in [-0.39, 0.29) is 10.9 Å². The van der Waals surface area contributed by atoms with Crippen LogP contribution in [0.3, 0.4) is 0 Å². The maximum absolute atomic E-state index is 12.8. The van der Waals surface area contributed by atoms with E-state index in [1.54, 1.807) is 18.2 Å². The summed E-state index contributed by atoms with van der Waals surface area (Å²) in [6.45, 7) is 3.48. The molecule has 3 rings (SSSR count). The van der Waals surface area contributed by atoms with Crippen molar-refractivity contribution in [2.45, 2.75) is 17.9 Å². The van der Waals surface area contributed by atoms with Crippen molar-refractivity contribution in [1.29, 1.82) is 0 Å².